The standard InChI is InChI=1S/C24H25ClN2O3S/c1-17-8-10-19(11-9-17)6-4-14-26-24(28)20-12-13-22(25)23(16-20)31(29,30)27-21-7-3-5-18(2)15-21/h3,5,7-13,15-16,27H,4,6,14H2,1-2H3,(H,26,28). The minimum atomic E-state index is -3.94. The summed E-state index contributed by atoms with van der Waals surface area (Å²) < 4.78 is 28.2. The lowest BCUT2D eigenvalue weighted by atomic mass is 10.1. The Kier molecular flexibility index (Phi) is 7.36. The van der Waals surface area contributed by atoms with Crippen molar-refractivity contribution in [2.75, 3.05) is 11.3 Å². The molecular formula is C24H25ClN2O3S. The van der Waals surface area contributed by atoms with Gasteiger partial charge in [0.05, 0.1) is 5.02 Å². The van der Waals surface area contributed by atoms with Gasteiger partial charge in [-0.3, -0.25) is 9.52 Å². The molecule has 0 fully saturated rings. The lowest BCUT2D eigenvalue weighted by Crippen LogP contribution is -2.25. The summed E-state index contributed by atoms with van der Waals surface area (Å²) in [5.41, 5.74) is 4.01. The van der Waals surface area contributed by atoms with Gasteiger partial charge in [0.15, 0.2) is 0 Å². The molecule has 0 saturated heterocycles. The van der Waals surface area contributed by atoms with Gasteiger partial charge in [-0.2, -0.15) is 0 Å². The number of sulfonamides is 1. The largest absolute Gasteiger partial charge is 0.352 e. The van der Waals surface area contributed by atoms with Crippen LogP contribution in [0.2, 0.25) is 5.02 Å². The maximum atomic E-state index is 12.8. The average Bonchev–Trinajstić information content (AvgIpc) is 2.72. The number of amides is 1. The highest BCUT2D eigenvalue weighted by molar-refractivity contribution is 7.92. The van der Waals surface area contributed by atoms with Crippen LogP contribution in [0.1, 0.15) is 33.5 Å². The summed E-state index contributed by atoms with van der Waals surface area (Å²) in [7, 11) is -3.94. The van der Waals surface area contributed by atoms with E-state index in [1.54, 1.807) is 18.2 Å². The third-order valence-electron chi connectivity index (χ3n) is 4.80. The lowest BCUT2D eigenvalue weighted by Gasteiger charge is -2.12. The van der Waals surface area contributed by atoms with Gasteiger partial charge in [0, 0.05) is 17.8 Å². The number of anilines is 1. The number of benzene rings is 3. The fourth-order valence-electron chi connectivity index (χ4n) is 3.12. The van der Waals surface area contributed by atoms with E-state index in [0.29, 0.717) is 12.2 Å². The molecule has 0 unspecified atom stereocenters. The summed E-state index contributed by atoms with van der Waals surface area (Å²) in [5, 5.41) is 2.89. The highest BCUT2D eigenvalue weighted by atomic mass is 35.5. The molecule has 0 aliphatic heterocycles. The van der Waals surface area contributed by atoms with Gasteiger partial charge in [0.25, 0.3) is 15.9 Å². The van der Waals surface area contributed by atoms with Crippen LogP contribution in [-0.2, 0) is 16.4 Å². The van der Waals surface area contributed by atoms with E-state index in [1.165, 1.54) is 29.3 Å². The molecule has 3 aromatic carbocycles. The molecule has 0 aliphatic rings. The Morgan fingerprint density at radius 2 is 1.68 bits per heavy atom. The van der Waals surface area contributed by atoms with E-state index in [2.05, 4.69) is 34.3 Å². The van der Waals surface area contributed by atoms with Crippen LogP contribution in [0.15, 0.2) is 71.6 Å². The zero-order valence-electron chi connectivity index (χ0n) is 17.5. The van der Waals surface area contributed by atoms with Crippen molar-refractivity contribution in [2.45, 2.75) is 31.6 Å². The fraction of sp³-hybridized carbons (Fsp3) is 0.208. The summed E-state index contributed by atoms with van der Waals surface area (Å²) in [4.78, 5) is 12.4. The number of hydrogen-bond donors (Lipinski definition) is 2. The van der Waals surface area contributed by atoms with Crippen LogP contribution in [0, 0.1) is 13.8 Å². The summed E-state index contributed by atoms with van der Waals surface area (Å²) in [5.74, 6) is -0.340. The highest BCUT2D eigenvalue weighted by Gasteiger charge is 2.20. The highest BCUT2D eigenvalue weighted by Crippen LogP contribution is 2.25. The van der Waals surface area contributed by atoms with E-state index in [4.69, 9.17) is 11.6 Å². The second-order valence-electron chi connectivity index (χ2n) is 7.47. The summed E-state index contributed by atoms with van der Waals surface area (Å²) in [6.07, 6.45) is 1.63. The molecule has 0 bridgehead atoms. The van der Waals surface area contributed by atoms with Gasteiger partial charge in [0.2, 0.25) is 0 Å². The van der Waals surface area contributed by atoms with Gasteiger partial charge in [-0.25, -0.2) is 8.42 Å². The van der Waals surface area contributed by atoms with Crippen molar-refractivity contribution < 1.29 is 13.2 Å². The first kappa shape index (κ1) is 22.8. The smallest absolute Gasteiger partial charge is 0.263 e. The maximum Gasteiger partial charge on any atom is 0.263 e. The van der Waals surface area contributed by atoms with Gasteiger partial charge in [-0.1, -0.05) is 53.6 Å². The van der Waals surface area contributed by atoms with E-state index < -0.39 is 10.0 Å². The van der Waals surface area contributed by atoms with Crippen molar-refractivity contribution >= 4 is 33.2 Å². The summed E-state index contributed by atoms with van der Waals surface area (Å²) >= 11 is 6.14. The van der Waals surface area contributed by atoms with Crippen LogP contribution in [0.3, 0.4) is 0 Å². The van der Waals surface area contributed by atoms with Gasteiger partial charge < -0.3 is 5.32 Å². The van der Waals surface area contributed by atoms with Crippen LogP contribution in [0.4, 0.5) is 5.69 Å². The molecule has 7 heteroatoms. The van der Waals surface area contributed by atoms with Gasteiger partial charge >= 0.3 is 0 Å². The van der Waals surface area contributed by atoms with E-state index in [0.717, 1.165) is 18.4 Å². The lowest BCUT2D eigenvalue weighted by molar-refractivity contribution is 0.0953. The summed E-state index contributed by atoms with van der Waals surface area (Å²) in [6, 6.07) is 19.5. The Balaban J connectivity index is 1.65. The molecule has 1 amide bonds. The molecule has 0 aromatic heterocycles. The minimum absolute atomic E-state index is 0.0519. The third-order valence-corrected chi connectivity index (χ3v) is 6.66. The van der Waals surface area contributed by atoms with Crippen LogP contribution < -0.4 is 10.0 Å². The molecule has 31 heavy (non-hydrogen) atoms. The molecule has 0 saturated carbocycles. The molecule has 0 heterocycles. The number of carbonyl (C=O) groups excluding carboxylic acids is 1. The SMILES string of the molecule is Cc1ccc(CCCNC(=O)c2ccc(Cl)c(S(=O)(=O)Nc3cccc(C)c3)c2)cc1. The third kappa shape index (κ3) is 6.32. The van der Waals surface area contributed by atoms with Gasteiger partial charge in [0.1, 0.15) is 4.90 Å². The molecule has 3 aromatic rings. The zero-order chi connectivity index (χ0) is 22.4. The van der Waals surface area contributed by atoms with Crippen LogP contribution >= 0.6 is 11.6 Å². The molecule has 0 radical (unpaired) electrons. The second-order valence-corrected chi connectivity index (χ2v) is 9.52. The number of rotatable bonds is 8. The molecular weight excluding hydrogens is 432 g/mol. The predicted octanol–water partition coefficient (Wildman–Crippen LogP) is 5.12. The van der Waals surface area contributed by atoms with Crippen molar-refractivity contribution in [3.05, 3.63) is 94.0 Å². The molecule has 2 N–H and O–H groups in total. The molecule has 0 aliphatic carbocycles. The van der Waals surface area contributed by atoms with Crippen LogP contribution in [0.5, 0.6) is 0 Å². The first-order chi connectivity index (χ1) is 14.7. The van der Waals surface area contributed by atoms with Gasteiger partial charge in [-0.15, -0.1) is 0 Å². The van der Waals surface area contributed by atoms with Crippen LogP contribution in [0.25, 0.3) is 0 Å². The van der Waals surface area contributed by atoms with Crippen molar-refractivity contribution in [1.29, 1.82) is 0 Å². The first-order valence-electron chi connectivity index (χ1n) is 9.97. The minimum Gasteiger partial charge on any atom is -0.352 e. The molecule has 0 spiro atoms. The molecule has 0 atom stereocenters. The topological polar surface area (TPSA) is 75.3 Å². The Labute approximate surface area is 188 Å². The summed E-state index contributed by atoms with van der Waals surface area (Å²) in [6.45, 7) is 4.40. The quantitative estimate of drug-likeness (QED) is 0.462. The molecule has 5 nitrogen and oxygen atoms in total. The van der Waals surface area contributed by atoms with Crippen LogP contribution in [-0.4, -0.2) is 20.9 Å². The fourth-order valence-corrected chi connectivity index (χ4v) is 4.70. The first-order valence-corrected chi connectivity index (χ1v) is 11.8. The van der Waals surface area contributed by atoms with Crippen molar-refractivity contribution in [1.82, 2.24) is 5.32 Å². The van der Waals surface area contributed by atoms with E-state index in [1.807, 2.05) is 19.9 Å². The monoisotopic (exact) mass is 456 g/mol. The molecule has 3 rings (SSSR count). The van der Waals surface area contributed by atoms with Gasteiger partial charge in [-0.05, 0) is 68.1 Å². The Morgan fingerprint density at radius 1 is 0.935 bits per heavy atom. The Morgan fingerprint density at radius 3 is 2.39 bits per heavy atom. The van der Waals surface area contributed by atoms with E-state index >= 15 is 0 Å². The zero-order valence-corrected chi connectivity index (χ0v) is 19.1. The Hall–Kier alpha value is -2.83. The second kappa shape index (κ2) is 9.98. The molecule has 162 valence electrons. The van der Waals surface area contributed by atoms with E-state index in [-0.39, 0.29) is 21.4 Å². The Bertz CT molecular complexity index is 1180. The number of halogens is 1. The number of hydrogen-bond acceptors (Lipinski definition) is 3. The van der Waals surface area contributed by atoms with Crippen molar-refractivity contribution in [2.24, 2.45) is 0 Å². The normalized spacial score (nSPS) is 11.2. The number of nitrogens with one attached hydrogen (secondary N) is 2. The van der Waals surface area contributed by atoms with E-state index in [9.17, 15) is 13.2 Å². The number of carbonyl (C=O) groups is 1. The maximum absolute atomic E-state index is 12.8. The number of aryl methyl sites for hydroxylation is 3. The average molecular weight is 457 g/mol. The van der Waals surface area contributed by atoms with Crippen molar-refractivity contribution in [3.8, 4) is 0 Å². The predicted molar refractivity (Wildman–Crippen MR) is 125 cm³/mol. The van der Waals surface area contributed by atoms with Crippen molar-refractivity contribution in [3.63, 3.8) is 0 Å².